The summed E-state index contributed by atoms with van der Waals surface area (Å²) in [4.78, 5) is 26.2. The van der Waals surface area contributed by atoms with E-state index in [2.05, 4.69) is 34.7 Å². The van der Waals surface area contributed by atoms with Gasteiger partial charge in [-0.1, -0.05) is 13.8 Å². The largest absolute Gasteiger partial charge is 0.351 e. The van der Waals surface area contributed by atoms with Crippen molar-refractivity contribution in [1.82, 2.24) is 10.2 Å². The van der Waals surface area contributed by atoms with Crippen molar-refractivity contribution < 1.29 is 9.59 Å². The van der Waals surface area contributed by atoms with Crippen molar-refractivity contribution in [2.75, 3.05) is 36.8 Å². The number of nitrogens with zero attached hydrogens (tertiary/aromatic N) is 1. The lowest BCUT2D eigenvalue weighted by atomic mass is 10.2. The zero-order chi connectivity index (χ0) is 18.1. The topological polar surface area (TPSA) is 73.5 Å². The third-order valence-corrected chi connectivity index (χ3v) is 4.48. The monoisotopic (exact) mass is 360 g/mol. The number of carbonyl (C=O) groups is 2. The lowest BCUT2D eigenvalue weighted by Gasteiger charge is -2.18. The highest BCUT2D eigenvalue weighted by Crippen LogP contribution is 2.13. The number of thiophene rings is 1. The second-order valence-electron chi connectivity index (χ2n) is 5.45. The SMILES string of the molecule is CCN(CC)CCNC(=O)c1ccc(NC(=O)Nc2ccsc2)cc1. The Morgan fingerprint density at radius 2 is 1.68 bits per heavy atom. The fourth-order valence-electron chi connectivity index (χ4n) is 2.30. The number of anilines is 2. The molecule has 7 heteroatoms. The molecule has 3 amide bonds. The third kappa shape index (κ3) is 6.21. The number of carbonyl (C=O) groups excluding carboxylic acids is 2. The molecule has 1 aromatic heterocycles. The summed E-state index contributed by atoms with van der Waals surface area (Å²) in [6.45, 7) is 7.60. The minimum absolute atomic E-state index is 0.110. The molecule has 0 bridgehead atoms. The Labute approximate surface area is 152 Å². The summed E-state index contributed by atoms with van der Waals surface area (Å²) in [5, 5.41) is 12.1. The maximum absolute atomic E-state index is 12.1. The van der Waals surface area contributed by atoms with Gasteiger partial charge in [0.15, 0.2) is 0 Å². The number of benzene rings is 1. The first kappa shape index (κ1) is 19.0. The molecule has 0 unspecified atom stereocenters. The van der Waals surface area contributed by atoms with Crippen LogP contribution in [0.1, 0.15) is 24.2 Å². The first-order chi connectivity index (χ1) is 12.1. The van der Waals surface area contributed by atoms with Gasteiger partial charge in [0, 0.05) is 29.7 Å². The Morgan fingerprint density at radius 3 is 2.28 bits per heavy atom. The van der Waals surface area contributed by atoms with Crippen molar-refractivity contribution in [2.45, 2.75) is 13.8 Å². The molecule has 0 atom stereocenters. The molecule has 0 aliphatic rings. The molecule has 3 N–H and O–H groups in total. The van der Waals surface area contributed by atoms with E-state index in [0.717, 1.165) is 25.3 Å². The highest BCUT2D eigenvalue weighted by molar-refractivity contribution is 7.08. The summed E-state index contributed by atoms with van der Waals surface area (Å²) in [6.07, 6.45) is 0. The summed E-state index contributed by atoms with van der Waals surface area (Å²) in [6, 6.07) is 8.35. The van der Waals surface area contributed by atoms with E-state index in [9.17, 15) is 9.59 Å². The van der Waals surface area contributed by atoms with E-state index >= 15 is 0 Å². The Kier molecular flexibility index (Phi) is 7.43. The van der Waals surface area contributed by atoms with E-state index in [1.165, 1.54) is 11.3 Å². The van der Waals surface area contributed by atoms with Crippen LogP contribution in [0.3, 0.4) is 0 Å². The van der Waals surface area contributed by atoms with E-state index in [1.807, 2.05) is 16.8 Å². The van der Waals surface area contributed by atoms with Gasteiger partial charge in [0.05, 0.1) is 5.69 Å². The van der Waals surface area contributed by atoms with Gasteiger partial charge in [-0.15, -0.1) is 0 Å². The molecule has 0 aliphatic carbocycles. The second-order valence-corrected chi connectivity index (χ2v) is 6.23. The highest BCUT2D eigenvalue weighted by Gasteiger charge is 2.07. The molecule has 1 aromatic carbocycles. The predicted octanol–water partition coefficient (Wildman–Crippen LogP) is 3.46. The van der Waals surface area contributed by atoms with Crippen LogP contribution in [-0.2, 0) is 0 Å². The van der Waals surface area contributed by atoms with Crippen molar-refractivity contribution >= 4 is 34.6 Å². The summed E-state index contributed by atoms with van der Waals surface area (Å²) in [5.41, 5.74) is 1.96. The molecule has 0 fully saturated rings. The van der Waals surface area contributed by atoms with Crippen LogP contribution in [0.25, 0.3) is 0 Å². The zero-order valence-electron chi connectivity index (χ0n) is 14.5. The quantitative estimate of drug-likeness (QED) is 0.675. The molecule has 25 heavy (non-hydrogen) atoms. The Bertz CT molecular complexity index is 667. The van der Waals surface area contributed by atoms with Gasteiger partial charge in [0.1, 0.15) is 0 Å². The van der Waals surface area contributed by atoms with Crippen molar-refractivity contribution in [2.24, 2.45) is 0 Å². The number of hydrogen-bond acceptors (Lipinski definition) is 4. The Hall–Kier alpha value is -2.38. The highest BCUT2D eigenvalue weighted by atomic mass is 32.1. The second kappa shape index (κ2) is 9.80. The zero-order valence-corrected chi connectivity index (χ0v) is 15.4. The average Bonchev–Trinajstić information content (AvgIpc) is 3.12. The summed E-state index contributed by atoms with van der Waals surface area (Å²) < 4.78 is 0. The normalized spacial score (nSPS) is 10.5. The molecular formula is C18H24N4O2S. The van der Waals surface area contributed by atoms with Crippen molar-refractivity contribution in [3.8, 4) is 0 Å². The van der Waals surface area contributed by atoms with Crippen molar-refractivity contribution in [1.29, 1.82) is 0 Å². The van der Waals surface area contributed by atoms with E-state index in [4.69, 9.17) is 0 Å². The maximum Gasteiger partial charge on any atom is 0.323 e. The van der Waals surface area contributed by atoms with Gasteiger partial charge >= 0.3 is 6.03 Å². The Morgan fingerprint density at radius 1 is 1.00 bits per heavy atom. The molecule has 0 aliphatic heterocycles. The van der Waals surface area contributed by atoms with Gasteiger partial charge in [-0.2, -0.15) is 11.3 Å². The summed E-state index contributed by atoms with van der Waals surface area (Å²) >= 11 is 1.51. The molecule has 0 saturated carbocycles. The molecule has 2 rings (SSSR count). The van der Waals surface area contributed by atoms with Crippen LogP contribution in [-0.4, -0.2) is 43.0 Å². The molecule has 0 saturated heterocycles. The first-order valence-electron chi connectivity index (χ1n) is 8.33. The van der Waals surface area contributed by atoms with Crippen LogP contribution in [0, 0.1) is 0 Å². The fourth-order valence-corrected chi connectivity index (χ4v) is 2.89. The van der Waals surface area contributed by atoms with Crippen LogP contribution >= 0.6 is 11.3 Å². The lowest BCUT2D eigenvalue weighted by Crippen LogP contribution is -2.34. The van der Waals surface area contributed by atoms with Crippen molar-refractivity contribution in [3.63, 3.8) is 0 Å². The lowest BCUT2D eigenvalue weighted by molar-refractivity contribution is 0.0949. The molecule has 0 spiro atoms. The van der Waals surface area contributed by atoms with Crippen LogP contribution in [0.5, 0.6) is 0 Å². The summed E-state index contributed by atoms with van der Waals surface area (Å²) in [5.74, 6) is -0.110. The molecule has 0 radical (unpaired) electrons. The van der Waals surface area contributed by atoms with Crippen LogP contribution in [0.4, 0.5) is 16.2 Å². The average molecular weight is 360 g/mol. The standard InChI is InChI=1S/C18H24N4O2S/c1-3-22(4-2)11-10-19-17(23)14-5-7-15(8-6-14)20-18(24)21-16-9-12-25-13-16/h5-9,12-13H,3-4,10-11H2,1-2H3,(H,19,23)(H2,20,21,24). The Balaban J connectivity index is 1.80. The smallest absolute Gasteiger partial charge is 0.323 e. The fraction of sp³-hybridized carbons (Fsp3) is 0.333. The maximum atomic E-state index is 12.1. The number of nitrogens with one attached hydrogen (secondary N) is 3. The number of hydrogen-bond donors (Lipinski definition) is 3. The van der Waals surface area contributed by atoms with Crippen LogP contribution in [0.2, 0.25) is 0 Å². The number of likely N-dealkylation sites (N-methyl/N-ethyl adjacent to an activating group) is 1. The van der Waals surface area contributed by atoms with Gasteiger partial charge in [-0.25, -0.2) is 4.79 Å². The third-order valence-electron chi connectivity index (χ3n) is 3.79. The van der Waals surface area contributed by atoms with Gasteiger partial charge in [-0.3, -0.25) is 4.79 Å². The molecule has 6 nitrogen and oxygen atoms in total. The predicted molar refractivity (Wildman–Crippen MR) is 104 cm³/mol. The van der Waals surface area contributed by atoms with Crippen LogP contribution in [0.15, 0.2) is 41.1 Å². The van der Waals surface area contributed by atoms with E-state index in [0.29, 0.717) is 17.8 Å². The summed E-state index contributed by atoms with van der Waals surface area (Å²) in [7, 11) is 0. The first-order valence-corrected chi connectivity index (χ1v) is 9.27. The number of urea groups is 1. The van der Waals surface area contributed by atoms with Gasteiger partial charge in [-0.05, 0) is 48.8 Å². The van der Waals surface area contributed by atoms with Crippen LogP contribution < -0.4 is 16.0 Å². The minimum Gasteiger partial charge on any atom is -0.351 e. The van der Waals surface area contributed by atoms with E-state index in [1.54, 1.807) is 24.3 Å². The van der Waals surface area contributed by atoms with E-state index in [-0.39, 0.29) is 11.9 Å². The van der Waals surface area contributed by atoms with E-state index < -0.39 is 0 Å². The molecule has 1 heterocycles. The number of rotatable bonds is 8. The molecule has 2 aromatic rings. The van der Waals surface area contributed by atoms with Gasteiger partial charge in [0.2, 0.25) is 0 Å². The minimum atomic E-state index is -0.310. The van der Waals surface area contributed by atoms with Gasteiger partial charge < -0.3 is 20.9 Å². The number of amides is 3. The molecular weight excluding hydrogens is 336 g/mol. The van der Waals surface area contributed by atoms with Gasteiger partial charge in [0.25, 0.3) is 5.91 Å². The molecule has 134 valence electrons. The van der Waals surface area contributed by atoms with Crippen molar-refractivity contribution in [3.05, 3.63) is 46.7 Å².